The summed E-state index contributed by atoms with van der Waals surface area (Å²) >= 11 is 0. The van der Waals surface area contributed by atoms with Crippen molar-refractivity contribution in [3.63, 3.8) is 0 Å². The fourth-order valence-corrected chi connectivity index (χ4v) is 1.91. The SMILES string of the molecule is CCCC(OC(=O)Cn1nc(C)c(N)c1C)C(=O)OCC. The van der Waals surface area contributed by atoms with E-state index in [0.29, 0.717) is 29.9 Å². The van der Waals surface area contributed by atoms with E-state index in [9.17, 15) is 9.59 Å². The van der Waals surface area contributed by atoms with Gasteiger partial charge in [-0.1, -0.05) is 13.3 Å². The third kappa shape index (κ3) is 4.47. The summed E-state index contributed by atoms with van der Waals surface area (Å²) in [5, 5.41) is 4.16. The summed E-state index contributed by atoms with van der Waals surface area (Å²) in [4.78, 5) is 23.7. The van der Waals surface area contributed by atoms with Crippen LogP contribution < -0.4 is 5.73 Å². The predicted octanol–water partition coefficient (Wildman–Crippen LogP) is 1.36. The zero-order valence-corrected chi connectivity index (χ0v) is 13.0. The van der Waals surface area contributed by atoms with E-state index in [4.69, 9.17) is 15.2 Å². The van der Waals surface area contributed by atoms with Crippen LogP contribution in [0.25, 0.3) is 0 Å². The highest BCUT2D eigenvalue weighted by molar-refractivity contribution is 5.79. The number of rotatable bonds is 7. The number of aryl methyl sites for hydroxylation is 1. The lowest BCUT2D eigenvalue weighted by Gasteiger charge is -2.16. The number of nitrogens with two attached hydrogens (primary N) is 1. The molecule has 1 aromatic heterocycles. The number of hydrogen-bond acceptors (Lipinski definition) is 6. The lowest BCUT2D eigenvalue weighted by atomic mass is 10.2. The number of ether oxygens (including phenoxy) is 2. The first-order valence-electron chi connectivity index (χ1n) is 7.06. The van der Waals surface area contributed by atoms with Crippen LogP contribution in [0.5, 0.6) is 0 Å². The van der Waals surface area contributed by atoms with Gasteiger partial charge in [-0.05, 0) is 27.2 Å². The minimum absolute atomic E-state index is 0.0799. The van der Waals surface area contributed by atoms with E-state index in [0.717, 1.165) is 0 Å². The fraction of sp³-hybridized carbons (Fsp3) is 0.643. The number of carbonyl (C=O) groups excluding carboxylic acids is 2. The largest absolute Gasteiger partial charge is 0.463 e. The zero-order chi connectivity index (χ0) is 16.0. The van der Waals surface area contributed by atoms with Crippen molar-refractivity contribution in [3.05, 3.63) is 11.4 Å². The standard InChI is InChI=1S/C14H23N3O4/c1-5-7-11(14(19)20-6-2)21-12(18)8-17-10(4)13(15)9(3)16-17/h11H,5-8,15H2,1-4H3. The highest BCUT2D eigenvalue weighted by atomic mass is 16.6. The Morgan fingerprint density at radius 1 is 1.33 bits per heavy atom. The van der Waals surface area contributed by atoms with Crippen LogP contribution in [0.3, 0.4) is 0 Å². The molecule has 118 valence electrons. The van der Waals surface area contributed by atoms with Crippen LogP contribution in [-0.2, 0) is 25.6 Å². The lowest BCUT2D eigenvalue weighted by molar-refractivity contribution is -0.168. The minimum Gasteiger partial charge on any atom is -0.463 e. The van der Waals surface area contributed by atoms with Gasteiger partial charge in [0.2, 0.25) is 0 Å². The van der Waals surface area contributed by atoms with Crippen molar-refractivity contribution in [1.82, 2.24) is 9.78 Å². The Balaban J connectivity index is 2.69. The molecule has 1 aromatic rings. The molecule has 1 heterocycles. The zero-order valence-electron chi connectivity index (χ0n) is 13.0. The molecule has 0 radical (unpaired) electrons. The van der Waals surface area contributed by atoms with Gasteiger partial charge >= 0.3 is 11.9 Å². The van der Waals surface area contributed by atoms with E-state index in [2.05, 4.69) is 5.10 Å². The molecule has 0 fully saturated rings. The fourth-order valence-electron chi connectivity index (χ4n) is 1.91. The highest BCUT2D eigenvalue weighted by Crippen LogP contribution is 2.15. The maximum Gasteiger partial charge on any atom is 0.347 e. The summed E-state index contributed by atoms with van der Waals surface area (Å²) in [7, 11) is 0. The van der Waals surface area contributed by atoms with Crippen LogP contribution in [0.2, 0.25) is 0 Å². The number of nitrogens with zero attached hydrogens (tertiary/aromatic N) is 2. The molecule has 0 spiro atoms. The van der Waals surface area contributed by atoms with E-state index in [1.165, 1.54) is 4.68 Å². The maximum atomic E-state index is 11.9. The van der Waals surface area contributed by atoms with E-state index in [1.54, 1.807) is 20.8 Å². The smallest absolute Gasteiger partial charge is 0.347 e. The van der Waals surface area contributed by atoms with Gasteiger partial charge in [0.15, 0.2) is 6.10 Å². The molecule has 0 bridgehead atoms. The number of nitrogen functional groups attached to an aromatic ring is 1. The summed E-state index contributed by atoms with van der Waals surface area (Å²) in [5.74, 6) is -1.05. The molecule has 0 aliphatic heterocycles. The molecular formula is C14H23N3O4. The third-order valence-electron chi connectivity index (χ3n) is 3.09. The normalized spacial score (nSPS) is 12.0. The molecule has 2 N–H and O–H groups in total. The number of hydrogen-bond donors (Lipinski definition) is 1. The second-order valence-electron chi connectivity index (χ2n) is 4.76. The molecule has 0 aliphatic carbocycles. The van der Waals surface area contributed by atoms with Crippen LogP contribution in [-0.4, -0.2) is 34.4 Å². The van der Waals surface area contributed by atoms with Gasteiger partial charge in [0, 0.05) is 0 Å². The molecule has 7 heteroatoms. The second-order valence-corrected chi connectivity index (χ2v) is 4.76. The quantitative estimate of drug-likeness (QED) is 0.763. The number of aromatic nitrogens is 2. The summed E-state index contributed by atoms with van der Waals surface area (Å²) in [6.45, 7) is 7.33. The van der Waals surface area contributed by atoms with Gasteiger partial charge in [0.25, 0.3) is 0 Å². The van der Waals surface area contributed by atoms with Gasteiger partial charge in [-0.25, -0.2) is 4.79 Å². The van der Waals surface area contributed by atoms with Crippen molar-refractivity contribution in [2.45, 2.75) is 53.2 Å². The monoisotopic (exact) mass is 297 g/mol. The number of esters is 2. The van der Waals surface area contributed by atoms with Crippen molar-refractivity contribution in [1.29, 1.82) is 0 Å². The Bertz CT molecular complexity index is 511. The molecule has 0 aromatic carbocycles. The molecule has 1 unspecified atom stereocenters. The van der Waals surface area contributed by atoms with E-state index in [1.807, 2.05) is 6.92 Å². The Morgan fingerprint density at radius 3 is 2.48 bits per heavy atom. The first-order chi connectivity index (χ1) is 9.90. The van der Waals surface area contributed by atoms with E-state index < -0.39 is 18.0 Å². The lowest BCUT2D eigenvalue weighted by Crippen LogP contribution is -2.31. The molecule has 0 aliphatic rings. The topological polar surface area (TPSA) is 96.4 Å². The first kappa shape index (κ1) is 17.0. The van der Waals surface area contributed by atoms with Crippen molar-refractivity contribution in [2.75, 3.05) is 12.3 Å². The van der Waals surface area contributed by atoms with Crippen molar-refractivity contribution >= 4 is 17.6 Å². The highest BCUT2D eigenvalue weighted by Gasteiger charge is 2.24. The number of anilines is 1. The van der Waals surface area contributed by atoms with Crippen LogP contribution in [0.4, 0.5) is 5.69 Å². The summed E-state index contributed by atoms with van der Waals surface area (Å²) in [6, 6.07) is 0. The van der Waals surface area contributed by atoms with Crippen molar-refractivity contribution in [3.8, 4) is 0 Å². The number of carbonyl (C=O) groups is 2. The van der Waals surface area contributed by atoms with Crippen LogP contribution >= 0.6 is 0 Å². The van der Waals surface area contributed by atoms with Gasteiger partial charge in [0.05, 0.1) is 23.7 Å². The van der Waals surface area contributed by atoms with Crippen molar-refractivity contribution < 1.29 is 19.1 Å². The Labute approximate surface area is 124 Å². The molecule has 0 saturated carbocycles. The van der Waals surface area contributed by atoms with Crippen LogP contribution in [0.15, 0.2) is 0 Å². The molecular weight excluding hydrogens is 274 g/mol. The molecule has 0 amide bonds. The van der Waals surface area contributed by atoms with Gasteiger partial charge in [-0.3, -0.25) is 9.48 Å². The third-order valence-corrected chi connectivity index (χ3v) is 3.09. The molecule has 1 atom stereocenters. The average molecular weight is 297 g/mol. The Hall–Kier alpha value is -2.05. The molecule has 7 nitrogen and oxygen atoms in total. The van der Waals surface area contributed by atoms with Crippen LogP contribution in [0, 0.1) is 13.8 Å². The van der Waals surface area contributed by atoms with Gasteiger partial charge in [0.1, 0.15) is 6.54 Å². The average Bonchev–Trinajstić information content (AvgIpc) is 2.66. The summed E-state index contributed by atoms with van der Waals surface area (Å²) in [6.07, 6.45) is 0.282. The van der Waals surface area contributed by atoms with Crippen LogP contribution in [0.1, 0.15) is 38.1 Å². The second kappa shape index (κ2) is 7.66. The van der Waals surface area contributed by atoms with Gasteiger partial charge in [-0.2, -0.15) is 5.10 Å². The van der Waals surface area contributed by atoms with Gasteiger partial charge < -0.3 is 15.2 Å². The Kier molecular flexibility index (Phi) is 6.20. The first-order valence-corrected chi connectivity index (χ1v) is 7.06. The van der Waals surface area contributed by atoms with Gasteiger partial charge in [-0.15, -0.1) is 0 Å². The van der Waals surface area contributed by atoms with Crippen molar-refractivity contribution in [2.24, 2.45) is 0 Å². The minimum atomic E-state index is -0.864. The molecule has 0 saturated heterocycles. The molecule has 21 heavy (non-hydrogen) atoms. The maximum absolute atomic E-state index is 11.9. The summed E-state index contributed by atoms with van der Waals surface area (Å²) in [5.41, 5.74) is 7.72. The van der Waals surface area contributed by atoms with E-state index >= 15 is 0 Å². The predicted molar refractivity (Wildman–Crippen MR) is 77.5 cm³/mol. The molecule has 1 rings (SSSR count). The Morgan fingerprint density at radius 2 is 2.00 bits per heavy atom. The van der Waals surface area contributed by atoms with E-state index in [-0.39, 0.29) is 13.2 Å². The summed E-state index contributed by atoms with van der Waals surface area (Å²) < 4.78 is 11.6.